The van der Waals surface area contributed by atoms with Crippen molar-refractivity contribution in [1.82, 2.24) is 5.32 Å². The summed E-state index contributed by atoms with van der Waals surface area (Å²) in [6.07, 6.45) is 1.04. The van der Waals surface area contributed by atoms with Crippen LogP contribution >= 0.6 is 11.3 Å². The summed E-state index contributed by atoms with van der Waals surface area (Å²) in [6, 6.07) is 10.0. The normalized spacial score (nSPS) is 10.3. The molecule has 0 fully saturated rings. The molecule has 3 nitrogen and oxygen atoms in total. The highest BCUT2D eigenvalue weighted by Crippen LogP contribution is 2.17. The molecule has 0 unspecified atom stereocenters. The summed E-state index contributed by atoms with van der Waals surface area (Å²) in [5.74, 6) is 0. The summed E-state index contributed by atoms with van der Waals surface area (Å²) < 4.78 is 0. The van der Waals surface area contributed by atoms with Crippen LogP contribution in [0.25, 0.3) is 0 Å². The summed E-state index contributed by atoms with van der Waals surface area (Å²) in [6.45, 7) is 6.74. The zero-order valence-corrected chi connectivity index (χ0v) is 12.9. The summed E-state index contributed by atoms with van der Waals surface area (Å²) in [7, 11) is 0. The average molecular weight is 288 g/mol. The number of anilines is 1. The number of nitrogens with one attached hydrogen (secondary N) is 2. The Kier molecular flexibility index (Phi) is 4.79. The lowest BCUT2D eigenvalue weighted by Crippen LogP contribution is -2.28. The fraction of sp³-hybridized carbons (Fsp3) is 0.312. The van der Waals surface area contributed by atoms with Crippen molar-refractivity contribution in [2.45, 2.75) is 33.7 Å². The molecule has 0 aliphatic carbocycles. The van der Waals surface area contributed by atoms with Gasteiger partial charge in [-0.25, -0.2) is 4.79 Å². The average Bonchev–Trinajstić information content (AvgIpc) is 2.88. The van der Waals surface area contributed by atoms with E-state index in [1.54, 1.807) is 11.3 Å². The van der Waals surface area contributed by atoms with E-state index in [4.69, 9.17) is 0 Å². The van der Waals surface area contributed by atoms with Crippen LogP contribution in [0.15, 0.2) is 30.3 Å². The van der Waals surface area contributed by atoms with E-state index in [9.17, 15) is 4.79 Å². The van der Waals surface area contributed by atoms with Crippen molar-refractivity contribution in [3.05, 3.63) is 51.2 Å². The summed E-state index contributed by atoms with van der Waals surface area (Å²) in [4.78, 5) is 14.4. The number of carbonyl (C=O) groups is 1. The lowest BCUT2D eigenvalue weighted by molar-refractivity contribution is 0.252. The third-order valence-electron chi connectivity index (χ3n) is 3.12. The molecule has 0 aliphatic rings. The first-order valence-corrected chi connectivity index (χ1v) is 7.60. The van der Waals surface area contributed by atoms with Crippen molar-refractivity contribution in [3.8, 4) is 0 Å². The molecule has 0 atom stereocenters. The van der Waals surface area contributed by atoms with Gasteiger partial charge in [-0.2, -0.15) is 0 Å². The quantitative estimate of drug-likeness (QED) is 0.867. The number of amides is 2. The summed E-state index contributed by atoms with van der Waals surface area (Å²) >= 11 is 1.74. The van der Waals surface area contributed by atoms with Crippen LogP contribution in [0.5, 0.6) is 0 Å². The number of carbonyl (C=O) groups excluding carboxylic acids is 1. The first-order chi connectivity index (χ1) is 9.58. The molecule has 0 saturated carbocycles. The van der Waals surface area contributed by atoms with E-state index in [0.717, 1.165) is 17.7 Å². The maximum absolute atomic E-state index is 11.9. The highest BCUT2D eigenvalue weighted by Gasteiger charge is 2.05. The standard InChI is InChI=1S/C16H20N2OS/c1-4-13-6-7-14(20-13)10-17-16(19)18-15-8-5-11(2)9-12(15)3/h5-9H,4,10H2,1-3H3,(H2,17,18,19). The molecule has 2 rings (SSSR count). The van der Waals surface area contributed by atoms with Gasteiger partial charge in [0.25, 0.3) is 0 Å². The highest BCUT2D eigenvalue weighted by molar-refractivity contribution is 7.11. The Morgan fingerprint density at radius 1 is 1.15 bits per heavy atom. The lowest BCUT2D eigenvalue weighted by Gasteiger charge is -2.10. The van der Waals surface area contributed by atoms with E-state index in [0.29, 0.717) is 6.54 Å². The molecule has 20 heavy (non-hydrogen) atoms. The van der Waals surface area contributed by atoms with Crippen molar-refractivity contribution in [1.29, 1.82) is 0 Å². The molecule has 2 amide bonds. The van der Waals surface area contributed by atoms with Crippen molar-refractivity contribution >= 4 is 23.1 Å². The van der Waals surface area contributed by atoms with E-state index in [1.807, 2.05) is 26.0 Å². The van der Waals surface area contributed by atoms with Gasteiger partial charge in [0.15, 0.2) is 0 Å². The first-order valence-electron chi connectivity index (χ1n) is 6.78. The number of thiophene rings is 1. The van der Waals surface area contributed by atoms with E-state index < -0.39 is 0 Å². The maximum Gasteiger partial charge on any atom is 0.319 e. The van der Waals surface area contributed by atoms with Gasteiger partial charge in [0.05, 0.1) is 6.54 Å². The topological polar surface area (TPSA) is 41.1 Å². The SMILES string of the molecule is CCc1ccc(CNC(=O)Nc2ccc(C)cc2C)s1. The number of hydrogen-bond donors (Lipinski definition) is 2. The van der Waals surface area contributed by atoms with Crippen molar-refractivity contribution in [2.75, 3.05) is 5.32 Å². The van der Waals surface area contributed by atoms with E-state index in [2.05, 4.69) is 35.8 Å². The predicted molar refractivity (Wildman–Crippen MR) is 85.5 cm³/mol. The molecule has 2 aromatic rings. The third-order valence-corrected chi connectivity index (χ3v) is 4.35. The van der Waals surface area contributed by atoms with Gasteiger partial charge in [-0.05, 0) is 44.0 Å². The second-order valence-electron chi connectivity index (χ2n) is 4.85. The van der Waals surface area contributed by atoms with Gasteiger partial charge in [-0.1, -0.05) is 24.6 Å². The molecule has 0 spiro atoms. The van der Waals surface area contributed by atoms with Gasteiger partial charge >= 0.3 is 6.03 Å². The van der Waals surface area contributed by atoms with Crippen molar-refractivity contribution < 1.29 is 4.79 Å². The van der Waals surface area contributed by atoms with Gasteiger partial charge in [0.1, 0.15) is 0 Å². The Morgan fingerprint density at radius 2 is 1.90 bits per heavy atom. The molecular weight excluding hydrogens is 268 g/mol. The van der Waals surface area contributed by atoms with Gasteiger partial charge in [0, 0.05) is 15.4 Å². The first kappa shape index (κ1) is 14.6. The summed E-state index contributed by atoms with van der Waals surface area (Å²) in [5, 5.41) is 5.77. The molecule has 1 heterocycles. The fourth-order valence-electron chi connectivity index (χ4n) is 2.00. The molecule has 1 aromatic carbocycles. The number of benzene rings is 1. The van der Waals surface area contributed by atoms with Gasteiger partial charge in [-0.3, -0.25) is 0 Å². The van der Waals surface area contributed by atoms with Crippen molar-refractivity contribution in [2.24, 2.45) is 0 Å². The zero-order chi connectivity index (χ0) is 14.5. The van der Waals surface area contributed by atoms with Crippen LogP contribution in [0.4, 0.5) is 10.5 Å². The van der Waals surface area contributed by atoms with Crippen LogP contribution in [0, 0.1) is 13.8 Å². The monoisotopic (exact) mass is 288 g/mol. The number of urea groups is 1. The van der Waals surface area contributed by atoms with Crippen LogP contribution in [0.3, 0.4) is 0 Å². The highest BCUT2D eigenvalue weighted by atomic mass is 32.1. The number of rotatable bonds is 4. The predicted octanol–water partition coefficient (Wildman–Crippen LogP) is 4.25. The van der Waals surface area contributed by atoms with Gasteiger partial charge in [-0.15, -0.1) is 11.3 Å². The molecule has 0 radical (unpaired) electrons. The lowest BCUT2D eigenvalue weighted by atomic mass is 10.1. The fourth-order valence-corrected chi connectivity index (χ4v) is 2.89. The Hall–Kier alpha value is -1.81. The van der Waals surface area contributed by atoms with Crippen LogP contribution in [-0.4, -0.2) is 6.03 Å². The van der Waals surface area contributed by atoms with E-state index in [1.165, 1.54) is 15.3 Å². The molecule has 0 bridgehead atoms. The Morgan fingerprint density at radius 3 is 2.55 bits per heavy atom. The van der Waals surface area contributed by atoms with Crippen LogP contribution in [0.1, 0.15) is 27.8 Å². The van der Waals surface area contributed by atoms with E-state index >= 15 is 0 Å². The van der Waals surface area contributed by atoms with Crippen LogP contribution < -0.4 is 10.6 Å². The summed E-state index contributed by atoms with van der Waals surface area (Å²) in [5.41, 5.74) is 3.12. The van der Waals surface area contributed by atoms with Crippen LogP contribution in [0.2, 0.25) is 0 Å². The largest absolute Gasteiger partial charge is 0.333 e. The smallest absolute Gasteiger partial charge is 0.319 e. The maximum atomic E-state index is 11.9. The van der Waals surface area contributed by atoms with Crippen LogP contribution in [-0.2, 0) is 13.0 Å². The minimum absolute atomic E-state index is 0.164. The molecule has 4 heteroatoms. The molecule has 0 aliphatic heterocycles. The number of aryl methyl sites for hydroxylation is 3. The molecule has 106 valence electrons. The Labute approximate surface area is 124 Å². The van der Waals surface area contributed by atoms with Crippen molar-refractivity contribution in [3.63, 3.8) is 0 Å². The molecule has 1 aromatic heterocycles. The van der Waals surface area contributed by atoms with Gasteiger partial charge < -0.3 is 10.6 Å². The minimum Gasteiger partial charge on any atom is -0.333 e. The molecule has 0 saturated heterocycles. The van der Waals surface area contributed by atoms with E-state index in [-0.39, 0.29) is 6.03 Å². The number of hydrogen-bond acceptors (Lipinski definition) is 2. The second-order valence-corrected chi connectivity index (χ2v) is 6.10. The minimum atomic E-state index is -0.164. The van der Waals surface area contributed by atoms with Gasteiger partial charge in [0.2, 0.25) is 0 Å². The second kappa shape index (κ2) is 6.57. The Balaban J connectivity index is 1.89. The molecule has 2 N–H and O–H groups in total. The third kappa shape index (κ3) is 3.84. The molecular formula is C16H20N2OS. The zero-order valence-electron chi connectivity index (χ0n) is 12.1. The Bertz CT molecular complexity index is 604.